The average Bonchev–Trinajstić information content (AvgIpc) is 2.36. The summed E-state index contributed by atoms with van der Waals surface area (Å²) in [6.45, 7) is 0.492. The van der Waals surface area contributed by atoms with Gasteiger partial charge in [-0.05, 0) is 45.2 Å². The number of rotatable bonds is 2. The molecule has 0 aromatic carbocycles. The fourth-order valence-corrected chi connectivity index (χ4v) is 1.73. The zero-order chi connectivity index (χ0) is 9.14. The molecule has 0 spiro atoms. The Bertz CT molecular complexity index is 317. The van der Waals surface area contributed by atoms with Gasteiger partial charge in [-0.15, -0.1) is 11.6 Å². The molecule has 0 radical (unpaired) electrons. The van der Waals surface area contributed by atoms with Crippen LogP contribution in [0.4, 0.5) is 0 Å². The van der Waals surface area contributed by atoms with E-state index in [-0.39, 0.29) is 0 Å². The number of halogens is 3. The third kappa shape index (κ3) is 2.47. The number of nitrogens with zero attached hydrogens (tertiary/aromatic N) is 3. The van der Waals surface area contributed by atoms with Gasteiger partial charge in [0, 0.05) is 0 Å². The molecule has 0 saturated heterocycles. The fraction of sp³-hybridized carbons (Fsp3) is 0.333. The predicted octanol–water partition coefficient (Wildman–Crippen LogP) is 2.22. The van der Waals surface area contributed by atoms with E-state index in [0.717, 1.165) is 7.40 Å². The average molecular weight is 407 g/mol. The molecule has 6 heteroatoms. The minimum absolute atomic E-state index is 0.483. The highest BCUT2D eigenvalue weighted by molar-refractivity contribution is 14.1. The summed E-state index contributed by atoms with van der Waals surface area (Å²) in [5.74, 6) is 0. The molecule has 0 aliphatic carbocycles. The molecule has 0 aliphatic heterocycles. The van der Waals surface area contributed by atoms with E-state index >= 15 is 0 Å². The lowest BCUT2D eigenvalue weighted by atomic mass is 10.4. The highest BCUT2D eigenvalue weighted by Gasteiger charge is 2.08. The van der Waals surface area contributed by atoms with Crippen LogP contribution in [0.25, 0.3) is 0 Å². The van der Waals surface area contributed by atoms with Gasteiger partial charge in [0.15, 0.2) is 0 Å². The highest BCUT2D eigenvalue weighted by atomic mass is 127. The van der Waals surface area contributed by atoms with Crippen molar-refractivity contribution in [3.63, 3.8) is 0 Å². The lowest BCUT2D eigenvalue weighted by molar-refractivity contribution is 0.704. The number of imidazole rings is 1. The second-order valence-corrected chi connectivity index (χ2v) is 4.65. The molecule has 1 aromatic rings. The first-order valence-corrected chi connectivity index (χ1v) is 5.64. The van der Waals surface area contributed by atoms with E-state index in [1.165, 1.54) is 0 Å². The van der Waals surface area contributed by atoms with Crippen LogP contribution in [-0.4, -0.2) is 14.9 Å². The Labute approximate surface area is 102 Å². The summed E-state index contributed by atoms with van der Waals surface area (Å²) in [6, 6.07) is 1.96. The Hall–Kier alpha value is 0.450. The van der Waals surface area contributed by atoms with Crippen LogP contribution in [0.1, 0.15) is 0 Å². The van der Waals surface area contributed by atoms with Crippen LogP contribution in [0, 0.1) is 18.7 Å². The van der Waals surface area contributed by atoms with Crippen LogP contribution < -0.4 is 0 Å². The van der Waals surface area contributed by atoms with E-state index < -0.39 is 5.38 Å². The van der Waals surface area contributed by atoms with Crippen molar-refractivity contribution in [2.75, 3.05) is 0 Å². The molecule has 0 fully saturated rings. The van der Waals surface area contributed by atoms with E-state index in [0.29, 0.717) is 6.54 Å². The SMILES string of the molecule is N#CC(Cl)Cn1cnc(I)c1I. The monoisotopic (exact) mass is 407 g/mol. The molecule has 1 rings (SSSR count). The molecule has 1 atom stereocenters. The van der Waals surface area contributed by atoms with Crippen molar-refractivity contribution in [1.29, 1.82) is 5.26 Å². The van der Waals surface area contributed by atoms with Crippen molar-refractivity contribution in [1.82, 2.24) is 9.55 Å². The lowest BCUT2D eigenvalue weighted by Gasteiger charge is -2.02. The highest BCUT2D eigenvalue weighted by Crippen LogP contribution is 2.14. The van der Waals surface area contributed by atoms with Crippen molar-refractivity contribution in [2.24, 2.45) is 0 Å². The summed E-state index contributed by atoms with van der Waals surface area (Å²) in [6.07, 6.45) is 1.69. The van der Waals surface area contributed by atoms with E-state index in [1.54, 1.807) is 6.33 Å². The van der Waals surface area contributed by atoms with Crippen LogP contribution in [0.3, 0.4) is 0 Å². The third-order valence-corrected chi connectivity index (χ3v) is 4.42. The van der Waals surface area contributed by atoms with Gasteiger partial charge in [0.25, 0.3) is 0 Å². The molecule has 1 aromatic heterocycles. The summed E-state index contributed by atoms with van der Waals surface area (Å²) < 4.78 is 3.83. The molecule has 0 saturated carbocycles. The van der Waals surface area contributed by atoms with Gasteiger partial charge in [-0.25, -0.2) is 4.98 Å². The van der Waals surface area contributed by atoms with Gasteiger partial charge in [-0.2, -0.15) is 5.26 Å². The van der Waals surface area contributed by atoms with Gasteiger partial charge in [-0.3, -0.25) is 0 Å². The van der Waals surface area contributed by atoms with Crippen molar-refractivity contribution in [3.05, 3.63) is 13.7 Å². The first kappa shape index (κ1) is 10.5. The molecule has 0 aliphatic rings. The van der Waals surface area contributed by atoms with Crippen molar-refractivity contribution < 1.29 is 0 Å². The topological polar surface area (TPSA) is 41.6 Å². The Morgan fingerprint density at radius 1 is 1.75 bits per heavy atom. The Morgan fingerprint density at radius 3 is 2.83 bits per heavy atom. The summed E-state index contributed by atoms with van der Waals surface area (Å²) in [5, 5.41) is 7.99. The molecule has 0 amide bonds. The van der Waals surface area contributed by atoms with Gasteiger partial charge in [-0.1, -0.05) is 0 Å². The predicted molar refractivity (Wildman–Crippen MR) is 62.9 cm³/mol. The summed E-state index contributed by atoms with van der Waals surface area (Å²) in [4.78, 5) is 4.08. The largest absolute Gasteiger partial charge is 0.323 e. The number of hydrogen-bond acceptors (Lipinski definition) is 2. The van der Waals surface area contributed by atoms with E-state index in [4.69, 9.17) is 16.9 Å². The fourth-order valence-electron chi connectivity index (χ4n) is 0.684. The minimum Gasteiger partial charge on any atom is -0.323 e. The Balaban J connectivity index is 2.77. The molecule has 64 valence electrons. The molecular weight excluding hydrogens is 403 g/mol. The van der Waals surface area contributed by atoms with E-state index in [1.807, 2.05) is 10.6 Å². The summed E-state index contributed by atoms with van der Waals surface area (Å²) >= 11 is 9.98. The molecule has 1 unspecified atom stereocenters. The standard InChI is InChI=1S/C6H4ClI2N3/c7-4(1-10)2-12-3-11-5(8)6(12)9/h3-4H,2H2. The number of hydrogen-bond donors (Lipinski definition) is 0. The number of aromatic nitrogens is 2. The van der Waals surface area contributed by atoms with Gasteiger partial charge in [0.05, 0.1) is 18.9 Å². The maximum absolute atomic E-state index is 8.47. The summed E-state index contributed by atoms with van der Waals surface area (Å²) in [7, 11) is 0. The Kier molecular flexibility index (Phi) is 4.05. The van der Waals surface area contributed by atoms with Crippen LogP contribution in [0.2, 0.25) is 0 Å². The molecule has 12 heavy (non-hydrogen) atoms. The second kappa shape index (κ2) is 4.62. The molecule has 3 nitrogen and oxygen atoms in total. The maximum atomic E-state index is 8.47. The van der Waals surface area contributed by atoms with Crippen LogP contribution in [0.5, 0.6) is 0 Å². The smallest absolute Gasteiger partial charge is 0.138 e. The lowest BCUT2D eigenvalue weighted by Crippen LogP contribution is -2.08. The third-order valence-electron chi connectivity index (χ3n) is 1.23. The zero-order valence-corrected chi connectivity index (χ0v) is 10.9. The van der Waals surface area contributed by atoms with Gasteiger partial charge < -0.3 is 4.57 Å². The number of alkyl halides is 1. The van der Waals surface area contributed by atoms with Crippen molar-refractivity contribution in [3.8, 4) is 6.07 Å². The van der Waals surface area contributed by atoms with Crippen LogP contribution in [-0.2, 0) is 6.54 Å². The van der Waals surface area contributed by atoms with Crippen molar-refractivity contribution >= 4 is 56.8 Å². The minimum atomic E-state index is -0.483. The molecule has 1 heterocycles. The Morgan fingerprint density at radius 2 is 2.42 bits per heavy atom. The summed E-state index contributed by atoms with van der Waals surface area (Å²) in [5.41, 5.74) is 0. The molecular formula is C6H4ClI2N3. The van der Waals surface area contributed by atoms with Crippen LogP contribution >= 0.6 is 56.8 Å². The van der Waals surface area contributed by atoms with Gasteiger partial charge in [0.2, 0.25) is 0 Å². The van der Waals surface area contributed by atoms with E-state index in [2.05, 4.69) is 50.2 Å². The second-order valence-electron chi connectivity index (χ2n) is 2.08. The van der Waals surface area contributed by atoms with Gasteiger partial charge >= 0.3 is 0 Å². The van der Waals surface area contributed by atoms with Crippen LogP contribution in [0.15, 0.2) is 6.33 Å². The molecule has 0 N–H and O–H groups in total. The zero-order valence-electron chi connectivity index (χ0n) is 5.84. The van der Waals surface area contributed by atoms with Crippen molar-refractivity contribution in [2.45, 2.75) is 11.9 Å². The van der Waals surface area contributed by atoms with E-state index in [9.17, 15) is 0 Å². The maximum Gasteiger partial charge on any atom is 0.138 e. The number of nitriles is 1. The quantitative estimate of drug-likeness (QED) is 0.557. The molecule has 0 bridgehead atoms. The van der Waals surface area contributed by atoms with Gasteiger partial charge in [0.1, 0.15) is 12.8 Å². The normalized spacial score (nSPS) is 12.5. The first-order valence-electron chi connectivity index (χ1n) is 3.05. The first-order chi connectivity index (χ1) is 5.65.